The zero-order valence-corrected chi connectivity index (χ0v) is 14.4. The second-order valence-corrected chi connectivity index (χ2v) is 7.08. The standard InChI is InChI=1S/C17H25N3O4/c1-17(2,3)16(23)18-10-14(21)19-13-4-7-20(8-5-13)15(22)12-6-9-24-11-12/h6,9,11,13H,4-5,7-8,10H2,1-3H3,(H,18,23)(H,19,21). The van der Waals surface area contributed by atoms with Crippen molar-refractivity contribution < 1.29 is 18.8 Å². The van der Waals surface area contributed by atoms with E-state index in [0.717, 1.165) is 0 Å². The quantitative estimate of drug-likeness (QED) is 0.864. The first-order valence-electron chi connectivity index (χ1n) is 8.16. The lowest BCUT2D eigenvalue weighted by Gasteiger charge is -2.32. The summed E-state index contributed by atoms with van der Waals surface area (Å²) in [6.07, 6.45) is 4.31. The maximum Gasteiger partial charge on any atom is 0.257 e. The predicted octanol–water partition coefficient (Wildman–Crippen LogP) is 1.16. The van der Waals surface area contributed by atoms with Crippen LogP contribution in [0.4, 0.5) is 0 Å². The molecule has 1 aromatic rings. The van der Waals surface area contributed by atoms with Crippen molar-refractivity contribution in [2.75, 3.05) is 19.6 Å². The monoisotopic (exact) mass is 335 g/mol. The summed E-state index contributed by atoms with van der Waals surface area (Å²) in [5.74, 6) is -0.406. The number of likely N-dealkylation sites (tertiary alicyclic amines) is 1. The van der Waals surface area contributed by atoms with Gasteiger partial charge in [-0.05, 0) is 18.9 Å². The first-order valence-corrected chi connectivity index (χ1v) is 8.16. The molecule has 0 spiro atoms. The summed E-state index contributed by atoms with van der Waals surface area (Å²) in [5, 5.41) is 5.54. The normalized spacial score (nSPS) is 15.9. The van der Waals surface area contributed by atoms with Gasteiger partial charge in [0.15, 0.2) is 0 Å². The largest absolute Gasteiger partial charge is 0.472 e. The lowest BCUT2D eigenvalue weighted by atomic mass is 9.96. The molecular formula is C17H25N3O4. The van der Waals surface area contributed by atoms with Gasteiger partial charge >= 0.3 is 0 Å². The van der Waals surface area contributed by atoms with Crippen molar-refractivity contribution in [2.24, 2.45) is 5.41 Å². The summed E-state index contributed by atoms with van der Waals surface area (Å²) < 4.78 is 4.93. The van der Waals surface area contributed by atoms with Crippen molar-refractivity contribution >= 4 is 17.7 Å². The van der Waals surface area contributed by atoms with Crippen LogP contribution in [-0.2, 0) is 9.59 Å². The topological polar surface area (TPSA) is 91.7 Å². The highest BCUT2D eigenvalue weighted by molar-refractivity contribution is 5.94. The SMILES string of the molecule is CC(C)(C)C(=O)NCC(=O)NC1CCN(C(=O)c2ccoc2)CC1. The highest BCUT2D eigenvalue weighted by Crippen LogP contribution is 2.14. The molecule has 2 heterocycles. The Morgan fingerprint density at radius 1 is 1.25 bits per heavy atom. The van der Waals surface area contributed by atoms with Gasteiger partial charge in [0, 0.05) is 24.5 Å². The summed E-state index contributed by atoms with van der Waals surface area (Å²) in [5.41, 5.74) is 0.0291. The second-order valence-electron chi connectivity index (χ2n) is 7.08. The minimum absolute atomic E-state index is 0.0235. The molecule has 0 saturated carbocycles. The molecule has 0 aromatic carbocycles. The number of carbonyl (C=O) groups excluding carboxylic acids is 3. The van der Waals surface area contributed by atoms with Gasteiger partial charge in [0.05, 0.1) is 18.4 Å². The van der Waals surface area contributed by atoms with Crippen molar-refractivity contribution in [3.8, 4) is 0 Å². The molecule has 1 aliphatic heterocycles. The van der Waals surface area contributed by atoms with Crippen LogP contribution in [0.2, 0.25) is 0 Å². The van der Waals surface area contributed by atoms with Crippen LogP contribution >= 0.6 is 0 Å². The fourth-order valence-corrected chi connectivity index (χ4v) is 2.50. The zero-order chi connectivity index (χ0) is 17.7. The molecule has 0 atom stereocenters. The predicted molar refractivity (Wildman–Crippen MR) is 88.2 cm³/mol. The van der Waals surface area contributed by atoms with E-state index in [-0.39, 0.29) is 30.3 Å². The van der Waals surface area contributed by atoms with E-state index in [0.29, 0.717) is 31.5 Å². The molecule has 132 valence electrons. The Balaban J connectivity index is 1.72. The van der Waals surface area contributed by atoms with E-state index >= 15 is 0 Å². The van der Waals surface area contributed by atoms with Crippen molar-refractivity contribution in [1.29, 1.82) is 0 Å². The van der Waals surface area contributed by atoms with Gasteiger partial charge in [0.1, 0.15) is 6.26 Å². The summed E-state index contributed by atoms with van der Waals surface area (Å²) in [6, 6.07) is 1.67. The van der Waals surface area contributed by atoms with Crippen molar-refractivity contribution in [3.63, 3.8) is 0 Å². The van der Waals surface area contributed by atoms with E-state index < -0.39 is 5.41 Å². The Kier molecular flexibility index (Phi) is 5.64. The Morgan fingerprint density at radius 3 is 2.46 bits per heavy atom. The summed E-state index contributed by atoms with van der Waals surface area (Å²) in [6.45, 7) is 6.55. The van der Waals surface area contributed by atoms with E-state index in [1.165, 1.54) is 12.5 Å². The van der Waals surface area contributed by atoms with E-state index in [4.69, 9.17) is 4.42 Å². The molecule has 3 amide bonds. The second kappa shape index (κ2) is 7.51. The van der Waals surface area contributed by atoms with Crippen molar-refractivity contribution in [3.05, 3.63) is 24.2 Å². The van der Waals surface area contributed by atoms with Crippen LogP contribution in [0.3, 0.4) is 0 Å². The number of hydrogen-bond acceptors (Lipinski definition) is 4. The molecule has 1 fully saturated rings. The summed E-state index contributed by atoms with van der Waals surface area (Å²) in [7, 11) is 0. The van der Waals surface area contributed by atoms with Crippen LogP contribution in [-0.4, -0.2) is 48.3 Å². The van der Waals surface area contributed by atoms with E-state index in [2.05, 4.69) is 10.6 Å². The summed E-state index contributed by atoms with van der Waals surface area (Å²) >= 11 is 0. The lowest BCUT2D eigenvalue weighted by Crippen LogP contribution is -2.49. The highest BCUT2D eigenvalue weighted by atomic mass is 16.3. The van der Waals surface area contributed by atoms with Gasteiger partial charge in [-0.2, -0.15) is 0 Å². The molecule has 7 nitrogen and oxygen atoms in total. The molecule has 0 unspecified atom stereocenters. The van der Waals surface area contributed by atoms with Crippen LogP contribution in [0.1, 0.15) is 44.0 Å². The van der Waals surface area contributed by atoms with Gasteiger partial charge in [-0.15, -0.1) is 0 Å². The number of hydrogen-bond donors (Lipinski definition) is 2. The third kappa shape index (κ3) is 4.84. The van der Waals surface area contributed by atoms with Gasteiger partial charge in [0.25, 0.3) is 5.91 Å². The Morgan fingerprint density at radius 2 is 1.92 bits per heavy atom. The number of carbonyl (C=O) groups is 3. The first kappa shape index (κ1) is 18.0. The number of furan rings is 1. The van der Waals surface area contributed by atoms with E-state index in [1.807, 2.05) is 0 Å². The van der Waals surface area contributed by atoms with Gasteiger partial charge < -0.3 is 20.0 Å². The van der Waals surface area contributed by atoms with E-state index in [1.54, 1.807) is 31.7 Å². The fourth-order valence-electron chi connectivity index (χ4n) is 2.50. The third-order valence-electron chi connectivity index (χ3n) is 4.01. The Hall–Kier alpha value is -2.31. The number of amides is 3. The number of nitrogens with zero attached hydrogens (tertiary/aromatic N) is 1. The van der Waals surface area contributed by atoms with Gasteiger partial charge in [0.2, 0.25) is 11.8 Å². The molecule has 24 heavy (non-hydrogen) atoms. The van der Waals surface area contributed by atoms with Gasteiger partial charge in [-0.3, -0.25) is 14.4 Å². The molecular weight excluding hydrogens is 310 g/mol. The fraction of sp³-hybridized carbons (Fsp3) is 0.588. The first-order chi connectivity index (χ1) is 11.3. The molecule has 1 aromatic heterocycles. The van der Waals surface area contributed by atoms with Gasteiger partial charge in [-0.25, -0.2) is 0 Å². The Labute approximate surface area is 141 Å². The smallest absolute Gasteiger partial charge is 0.257 e. The minimum atomic E-state index is -0.515. The number of nitrogens with one attached hydrogen (secondary N) is 2. The maximum absolute atomic E-state index is 12.2. The molecule has 1 saturated heterocycles. The molecule has 2 N–H and O–H groups in total. The minimum Gasteiger partial charge on any atom is -0.472 e. The molecule has 2 rings (SSSR count). The highest BCUT2D eigenvalue weighted by Gasteiger charge is 2.26. The van der Waals surface area contributed by atoms with Crippen LogP contribution in [0.5, 0.6) is 0 Å². The maximum atomic E-state index is 12.2. The van der Waals surface area contributed by atoms with E-state index in [9.17, 15) is 14.4 Å². The van der Waals surface area contributed by atoms with Crippen LogP contribution in [0.15, 0.2) is 23.0 Å². The molecule has 0 radical (unpaired) electrons. The van der Waals surface area contributed by atoms with Crippen molar-refractivity contribution in [1.82, 2.24) is 15.5 Å². The zero-order valence-electron chi connectivity index (χ0n) is 14.4. The average Bonchev–Trinajstić information content (AvgIpc) is 3.06. The third-order valence-corrected chi connectivity index (χ3v) is 4.01. The lowest BCUT2D eigenvalue weighted by molar-refractivity contribution is -0.131. The molecule has 1 aliphatic rings. The average molecular weight is 335 g/mol. The molecule has 7 heteroatoms. The summed E-state index contributed by atoms with van der Waals surface area (Å²) in [4.78, 5) is 37.6. The van der Waals surface area contributed by atoms with Crippen molar-refractivity contribution in [2.45, 2.75) is 39.7 Å². The van der Waals surface area contributed by atoms with Crippen LogP contribution in [0.25, 0.3) is 0 Å². The Bertz CT molecular complexity index is 581. The molecule has 0 bridgehead atoms. The number of rotatable bonds is 4. The van der Waals surface area contributed by atoms with Crippen LogP contribution < -0.4 is 10.6 Å². The number of piperidine rings is 1. The van der Waals surface area contributed by atoms with Crippen LogP contribution in [0, 0.1) is 5.41 Å². The molecule has 0 aliphatic carbocycles. The van der Waals surface area contributed by atoms with Gasteiger partial charge in [-0.1, -0.05) is 20.8 Å².